The number of nitrogens with zero attached hydrogens (tertiary/aromatic N) is 1. The molecule has 2 aromatic rings. The Balaban J connectivity index is 1.83. The molecule has 1 amide bonds. The van der Waals surface area contributed by atoms with E-state index >= 15 is 0 Å². The summed E-state index contributed by atoms with van der Waals surface area (Å²) in [7, 11) is 0. The predicted octanol–water partition coefficient (Wildman–Crippen LogP) is 2.60. The van der Waals surface area contributed by atoms with Gasteiger partial charge in [0.15, 0.2) is 0 Å². The molecule has 1 heterocycles. The number of nitrogens with one attached hydrogen (secondary N) is 1. The molecule has 0 saturated carbocycles. The van der Waals surface area contributed by atoms with Crippen molar-refractivity contribution < 1.29 is 4.79 Å². The van der Waals surface area contributed by atoms with Gasteiger partial charge in [-0.25, -0.2) is 0 Å². The summed E-state index contributed by atoms with van der Waals surface area (Å²) in [6, 6.07) is 20.6. The Hall–Kier alpha value is -2.13. The molecule has 1 saturated heterocycles. The highest BCUT2D eigenvalue weighted by Gasteiger charge is 2.37. The zero-order valence-electron chi connectivity index (χ0n) is 12.2. The maximum Gasteiger partial charge on any atom is 0.241 e. The Morgan fingerprint density at radius 1 is 1.05 bits per heavy atom. The van der Waals surface area contributed by atoms with Gasteiger partial charge in [-0.15, -0.1) is 0 Å². The third kappa shape index (κ3) is 2.83. The molecule has 0 bridgehead atoms. The van der Waals surface area contributed by atoms with E-state index in [1.165, 1.54) is 11.1 Å². The summed E-state index contributed by atoms with van der Waals surface area (Å²) < 4.78 is 0. The van der Waals surface area contributed by atoms with Gasteiger partial charge in [0.2, 0.25) is 5.91 Å². The van der Waals surface area contributed by atoms with Crippen molar-refractivity contribution in [2.24, 2.45) is 0 Å². The first-order chi connectivity index (χ1) is 10.3. The fraction of sp³-hybridized carbons (Fsp3) is 0.278. The predicted molar refractivity (Wildman–Crippen MR) is 83.9 cm³/mol. The normalized spacial score (nSPS) is 17.9. The van der Waals surface area contributed by atoms with Gasteiger partial charge in [-0.2, -0.15) is 0 Å². The molecule has 21 heavy (non-hydrogen) atoms. The van der Waals surface area contributed by atoms with Crippen LogP contribution in [0, 0.1) is 0 Å². The van der Waals surface area contributed by atoms with Crippen LogP contribution in [0.15, 0.2) is 60.7 Å². The van der Waals surface area contributed by atoms with E-state index in [1.807, 2.05) is 48.2 Å². The Morgan fingerprint density at radius 3 is 2.00 bits per heavy atom. The van der Waals surface area contributed by atoms with Crippen LogP contribution in [0.3, 0.4) is 0 Å². The second-order valence-electron chi connectivity index (χ2n) is 5.35. The van der Waals surface area contributed by atoms with Crippen LogP contribution >= 0.6 is 0 Å². The molecule has 0 aliphatic carbocycles. The Labute approximate surface area is 125 Å². The van der Waals surface area contributed by atoms with Crippen LogP contribution in [0.5, 0.6) is 0 Å². The zero-order chi connectivity index (χ0) is 14.7. The van der Waals surface area contributed by atoms with Crippen LogP contribution in [-0.2, 0) is 4.79 Å². The standard InChI is InChI=1S/C18H20N2O/c1-2-20-13-16(18(20)21)19-17(14-9-5-3-6-10-14)15-11-7-4-8-12-15/h3-12,16-17,19H,2,13H2,1H3/t16-/m1/s1. The van der Waals surface area contributed by atoms with E-state index in [-0.39, 0.29) is 18.0 Å². The van der Waals surface area contributed by atoms with E-state index in [1.54, 1.807) is 0 Å². The van der Waals surface area contributed by atoms with Crippen molar-refractivity contribution in [2.45, 2.75) is 19.0 Å². The number of benzene rings is 2. The first-order valence-electron chi connectivity index (χ1n) is 7.44. The van der Waals surface area contributed by atoms with Crippen LogP contribution in [0.1, 0.15) is 24.1 Å². The first-order valence-corrected chi connectivity index (χ1v) is 7.44. The van der Waals surface area contributed by atoms with Gasteiger partial charge in [-0.3, -0.25) is 10.1 Å². The number of amides is 1. The lowest BCUT2D eigenvalue weighted by molar-refractivity contribution is -0.143. The number of hydrogen-bond acceptors (Lipinski definition) is 2. The summed E-state index contributed by atoms with van der Waals surface area (Å²) in [5, 5.41) is 3.51. The first kappa shape index (κ1) is 13.8. The molecule has 1 aliphatic heterocycles. The maximum absolute atomic E-state index is 12.1. The van der Waals surface area contributed by atoms with Gasteiger partial charge in [0.1, 0.15) is 6.04 Å². The summed E-state index contributed by atoms with van der Waals surface area (Å²) in [4.78, 5) is 13.9. The van der Waals surface area contributed by atoms with E-state index in [9.17, 15) is 4.79 Å². The average molecular weight is 280 g/mol. The Kier molecular flexibility index (Phi) is 4.02. The number of carbonyl (C=O) groups excluding carboxylic acids is 1. The summed E-state index contributed by atoms with van der Waals surface area (Å²) >= 11 is 0. The molecule has 1 aliphatic rings. The summed E-state index contributed by atoms with van der Waals surface area (Å²) in [6.07, 6.45) is 0. The highest BCUT2D eigenvalue weighted by atomic mass is 16.2. The lowest BCUT2D eigenvalue weighted by atomic mass is 9.96. The maximum atomic E-state index is 12.1. The molecular weight excluding hydrogens is 260 g/mol. The highest BCUT2D eigenvalue weighted by molar-refractivity contribution is 5.88. The molecule has 3 heteroatoms. The third-order valence-electron chi connectivity index (χ3n) is 4.03. The quantitative estimate of drug-likeness (QED) is 0.854. The van der Waals surface area contributed by atoms with Crippen molar-refractivity contribution in [1.29, 1.82) is 0 Å². The van der Waals surface area contributed by atoms with Gasteiger partial charge in [0.05, 0.1) is 6.04 Å². The number of rotatable bonds is 5. The van der Waals surface area contributed by atoms with Gasteiger partial charge in [0.25, 0.3) is 0 Å². The second kappa shape index (κ2) is 6.10. The minimum absolute atomic E-state index is 0.0559. The van der Waals surface area contributed by atoms with Crippen molar-refractivity contribution >= 4 is 5.91 Å². The van der Waals surface area contributed by atoms with E-state index in [4.69, 9.17) is 0 Å². The zero-order valence-corrected chi connectivity index (χ0v) is 12.2. The SMILES string of the molecule is CCN1C[C@@H](NC(c2ccccc2)c2ccccc2)C1=O. The number of likely N-dealkylation sites (tertiary alicyclic amines) is 1. The minimum atomic E-state index is -0.0737. The monoisotopic (exact) mass is 280 g/mol. The van der Waals surface area contributed by atoms with Crippen molar-refractivity contribution in [3.05, 3.63) is 71.8 Å². The molecule has 1 atom stereocenters. The van der Waals surface area contributed by atoms with E-state index < -0.39 is 0 Å². The highest BCUT2D eigenvalue weighted by Crippen LogP contribution is 2.24. The largest absolute Gasteiger partial charge is 0.339 e. The minimum Gasteiger partial charge on any atom is -0.339 e. The van der Waals surface area contributed by atoms with Crippen molar-refractivity contribution in [2.75, 3.05) is 13.1 Å². The lowest BCUT2D eigenvalue weighted by Crippen LogP contribution is -2.63. The molecule has 0 unspecified atom stereocenters. The van der Waals surface area contributed by atoms with E-state index in [2.05, 4.69) is 29.6 Å². The van der Waals surface area contributed by atoms with Crippen LogP contribution in [0.2, 0.25) is 0 Å². The second-order valence-corrected chi connectivity index (χ2v) is 5.35. The molecule has 108 valence electrons. The van der Waals surface area contributed by atoms with Gasteiger partial charge < -0.3 is 4.90 Å². The topological polar surface area (TPSA) is 32.3 Å². The average Bonchev–Trinajstić information content (AvgIpc) is 2.55. The van der Waals surface area contributed by atoms with Crippen molar-refractivity contribution in [1.82, 2.24) is 10.2 Å². The van der Waals surface area contributed by atoms with Gasteiger partial charge >= 0.3 is 0 Å². The summed E-state index contributed by atoms with van der Waals surface area (Å²) in [5.41, 5.74) is 2.37. The summed E-state index contributed by atoms with van der Waals surface area (Å²) in [5.74, 6) is 0.203. The van der Waals surface area contributed by atoms with Gasteiger partial charge in [-0.1, -0.05) is 60.7 Å². The molecule has 0 spiro atoms. The molecular formula is C18H20N2O. The number of likely N-dealkylation sites (N-methyl/N-ethyl adjacent to an activating group) is 1. The van der Waals surface area contributed by atoms with Gasteiger partial charge in [-0.05, 0) is 18.1 Å². The molecule has 0 aromatic heterocycles. The molecule has 1 N–H and O–H groups in total. The summed E-state index contributed by atoms with van der Waals surface area (Å²) in [6.45, 7) is 3.60. The van der Waals surface area contributed by atoms with Crippen LogP contribution in [0.4, 0.5) is 0 Å². The van der Waals surface area contributed by atoms with Crippen molar-refractivity contribution in [3.63, 3.8) is 0 Å². The molecule has 1 fully saturated rings. The molecule has 3 nitrogen and oxygen atoms in total. The lowest BCUT2D eigenvalue weighted by Gasteiger charge is -2.40. The van der Waals surface area contributed by atoms with Crippen LogP contribution < -0.4 is 5.32 Å². The number of carbonyl (C=O) groups is 1. The Morgan fingerprint density at radius 2 is 1.57 bits per heavy atom. The van der Waals surface area contributed by atoms with Crippen LogP contribution in [-0.4, -0.2) is 29.9 Å². The number of β-lactam (4-membered cyclic amide) rings is 1. The number of hydrogen-bond donors (Lipinski definition) is 1. The smallest absolute Gasteiger partial charge is 0.241 e. The van der Waals surface area contributed by atoms with E-state index in [0.717, 1.165) is 13.1 Å². The van der Waals surface area contributed by atoms with Crippen molar-refractivity contribution in [3.8, 4) is 0 Å². The fourth-order valence-electron chi connectivity index (χ4n) is 2.78. The van der Waals surface area contributed by atoms with Gasteiger partial charge in [0, 0.05) is 13.1 Å². The molecule has 3 rings (SSSR count). The third-order valence-corrected chi connectivity index (χ3v) is 4.03. The molecule has 2 aromatic carbocycles. The van der Waals surface area contributed by atoms with E-state index in [0.29, 0.717) is 0 Å². The molecule has 0 radical (unpaired) electrons. The fourth-order valence-corrected chi connectivity index (χ4v) is 2.78. The van der Waals surface area contributed by atoms with Crippen LogP contribution in [0.25, 0.3) is 0 Å². The Bertz CT molecular complexity index is 558.